The molecule has 0 saturated heterocycles. The summed E-state index contributed by atoms with van der Waals surface area (Å²) < 4.78 is 4.76. The van der Waals surface area contributed by atoms with Crippen molar-refractivity contribution in [3.8, 4) is 22.5 Å². The van der Waals surface area contributed by atoms with Crippen molar-refractivity contribution in [2.24, 2.45) is 0 Å². The zero-order valence-electron chi connectivity index (χ0n) is 11.7. The van der Waals surface area contributed by atoms with Gasteiger partial charge in [0.2, 0.25) is 0 Å². The molecule has 4 heteroatoms. The first-order valence-corrected chi connectivity index (χ1v) is 6.74. The van der Waals surface area contributed by atoms with Gasteiger partial charge in [-0.2, -0.15) is 0 Å². The average Bonchev–Trinajstić information content (AvgIpc) is 3.20. The monoisotopic (exact) mass is 280 g/mol. The van der Waals surface area contributed by atoms with Gasteiger partial charge in [0, 0.05) is 23.8 Å². The quantitative estimate of drug-likeness (QED) is 0.720. The van der Waals surface area contributed by atoms with Gasteiger partial charge in [-0.15, -0.1) is 0 Å². The van der Waals surface area contributed by atoms with Crippen LogP contribution >= 0.6 is 0 Å². The van der Waals surface area contributed by atoms with Gasteiger partial charge in [-0.3, -0.25) is 4.79 Å². The standard InChI is InChI=1S/C17H16N2O2/c1-21-17(20)10-12-8-13(15-4-2-6-18-15)11-14(9-12)16-5-3-7-19-16/h2-9,11,18-19H,10H2,1H3. The lowest BCUT2D eigenvalue weighted by molar-refractivity contribution is -0.139. The van der Waals surface area contributed by atoms with Gasteiger partial charge in [0.15, 0.2) is 0 Å². The van der Waals surface area contributed by atoms with Crippen LogP contribution in [0.4, 0.5) is 0 Å². The fourth-order valence-corrected chi connectivity index (χ4v) is 2.36. The Morgan fingerprint density at radius 2 is 1.57 bits per heavy atom. The Kier molecular flexibility index (Phi) is 3.60. The Labute approximate surface area is 122 Å². The van der Waals surface area contributed by atoms with Crippen molar-refractivity contribution in [1.82, 2.24) is 9.97 Å². The Morgan fingerprint density at radius 3 is 2.00 bits per heavy atom. The van der Waals surface area contributed by atoms with Crippen molar-refractivity contribution >= 4 is 5.97 Å². The minimum Gasteiger partial charge on any atom is -0.469 e. The Bertz CT molecular complexity index is 676. The fourth-order valence-electron chi connectivity index (χ4n) is 2.36. The third-order valence-corrected chi connectivity index (χ3v) is 3.39. The first-order chi connectivity index (χ1) is 10.3. The molecule has 0 fully saturated rings. The van der Waals surface area contributed by atoms with Gasteiger partial charge in [0.25, 0.3) is 0 Å². The van der Waals surface area contributed by atoms with E-state index < -0.39 is 0 Å². The van der Waals surface area contributed by atoms with Crippen molar-refractivity contribution in [3.63, 3.8) is 0 Å². The molecule has 0 amide bonds. The largest absolute Gasteiger partial charge is 0.469 e. The molecule has 2 heterocycles. The van der Waals surface area contributed by atoms with Crippen molar-refractivity contribution in [1.29, 1.82) is 0 Å². The van der Waals surface area contributed by atoms with Crippen LogP contribution in [-0.2, 0) is 16.0 Å². The minimum absolute atomic E-state index is 0.240. The SMILES string of the molecule is COC(=O)Cc1cc(-c2ccc[nH]2)cc(-c2ccc[nH]2)c1. The molecule has 3 aromatic rings. The number of methoxy groups -OCH3 is 1. The number of aromatic nitrogens is 2. The molecular formula is C17H16N2O2. The number of nitrogens with one attached hydrogen (secondary N) is 2. The second-order valence-electron chi connectivity index (χ2n) is 4.84. The van der Waals surface area contributed by atoms with Crippen molar-refractivity contribution < 1.29 is 9.53 Å². The number of carbonyl (C=O) groups excluding carboxylic acids is 1. The third-order valence-electron chi connectivity index (χ3n) is 3.39. The number of hydrogen-bond acceptors (Lipinski definition) is 2. The lowest BCUT2D eigenvalue weighted by Crippen LogP contribution is -2.04. The molecule has 0 aliphatic heterocycles. The number of carbonyl (C=O) groups is 1. The normalized spacial score (nSPS) is 10.5. The van der Waals surface area contributed by atoms with Crippen LogP contribution in [-0.4, -0.2) is 23.0 Å². The van der Waals surface area contributed by atoms with Crippen LogP contribution in [0.2, 0.25) is 0 Å². The Balaban J connectivity index is 2.06. The van der Waals surface area contributed by atoms with Crippen LogP contribution in [0.25, 0.3) is 22.5 Å². The van der Waals surface area contributed by atoms with Gasteiger partial charge < -0.3 is 14.7 Å². The molecule has 2 aromatic heterocycles. The number of aromatic amines is 2. The fraction of sp³-hybridized carbons (Fsp3) is 0.118. The number of benzene rings is 1. The number of H-pyrrole nitrogens is 2. The lowest BCUT2D eigenvalue weighted by Gasteiger charge is -2.08. The van der Waals surface area contributed by atoms with E-state index in [1.807, 2.05) is 48.8 Å². The minimum atomic E-state index is -0.240. The van der Waals surface area contributed by atoms with Gasteiger partial charge in [0.05, 0.1) is 13.5 Å². The second-order valence-corrected chi connectivity index (χ2v) is 4.84. The highest BCUT2D eigenvalue weighted by molar-refractivity contribution is 5.76. The molecule has 0 radical (unpaired) electrons. The molecule has 0 aliphatic rings. The molecule has 4 nitrogen and oxygen atoms in total. The van der Waals surface area contributed by atoms with Crippen LogP contribution < -0.4 is 0 Å². The molecule has 0 atom stereocenters. The molecular weight excluding hydrogens is 264 g/mol. The van der Waals surface area contributed by atoms with Crippen LogP contribution in [0.1, 0.15) is 5.56 Å². The van der Waals surface area contributed by atoms with E-state index in [1.54, 1.807) is 0 Å². The smallest absolute Gasteiger partial charge is 0.309 e. The molecule has 0 unspecified atom stereocenters. The molecule has 0 spiro atoms. The van der Waals surface area contributed by atoms with Gasteiger partial charge >= 0.3 is 5.97 Å². The van der Waals surface area contributed by atoms with Gasteiger partial charge in [0.1, 0.15) is 0 Å². The molecule has 3 rings (SSSR count). The summed E-state index contributed by atoms with van der Waals surface area (Å²) in [6.07, 6.45) is 4.03. The Hall–Kier alpha value is -2.75. The topological polar surface area (TPSA) is 57.9 Å². The number of hydrogen-bond donors (Lipinski definition) is 2. The van der Waals surface area contributed by atoms with Crippen molar-refractivity contribution in [3.05, 3.63) is 60.4 Å². The van der Waals surface area contributed by atoms with Crippen LogP contribution in [0.5, 0.6) is 0 Å². The summed E-state index contributed by atoms with van der Waals surface area (Å²) in [7, 11) is 1.41. The second kappa shape index (κ2) is 5.71. The summed E-state index contributed by atoms with van der Waals surface area (Å²) in [4.78, 5) is 17.9. The van der Waals surface area contributed by atoms with Gasteiger partial charge in [-0.05, 0) is 59.2 Å². The zero-order chi connectivity index (χ0) is 14.7. The highest BCUT2D eigenvalue weighted by atomic mass is 16.5. The molecule has 0 aliphatic carbocycles. The van der Waals surface area contributed by atoms with Crippen molar-refractivity contribution in [2.45, 2.75) is 6.42 Å². The highest BCUT2D eigenvalue weighted by Gasteiger charge is 2.09. The van der Waals surface area contributed by atoms with E-state index in [-0.39, 0.29) is 12.4 Å². The van der Waals surface area contributed by atoms with E-state index in [2.05, 4.69) is 16.0 Å². The van der Waals surface area contributed by atoms with Gasteiger partial charge in [-0.1, -0.05) is 0 Å². The van der Waals surface area contributed by atoms with Crippen LogP contribution in [0.3, 0.4) is 0 Å². The van der Waals surface area contributed by atoms with Gasteiger partial charge in [-0.25, -0.2) is 0 Å². The predicted molar refractivity (Wildman–Crippen MR) is 81.7 cm³/mol. The maximum atomic E-state index is 11.5. The number of rotatable bonds is 4. The highest BCUT2D eigenvalue weighted by Crippen LogP contribution is 2.27. The summed E-state index contributed by atoms with van der Waals surface area (Å²) >= 11 is 0. The summed E-state index contributed by atoms with van der Waals surface area (Å²) in [6.45, 7) is 0. The molecule has 0 saturated carbocycles. The zero-order valence-corrected chi connectivity index (χ0v) is 11.7. The lowest BCUT2D eigenvalue weighted by atomic mass is 10.00. The number of ether oxygens (including phenoxy) is 1. The molecule has 106 valence electrons. The van der Waals surface area contributed by atoms with Crippen LogP contribution in [0.15, 0.2) is 54.9 Å². The Morgan fingerprint density at radius 1 is 1.00 bits per heavy atom. The summed E-state index contributed by atoms with van der Waals surface area (Å²) in [5.74, 6) is -0.240. The average molecular weight is 280 g/mol. The number of esters is 1. The van der Waals surface area contributed by atoms with E-state index in [0.29, 0.717) is 0 Å². The summed E-state index contributed by atoms with van der Waals surface area (Å²) in [5, 5.41) is 0. The summed E-state index contributed by atoms with van der Waals surface area (Å²) in [5.41, 5.74) is 5.07. The van der Waals surface area contributed by atoms with Crippen LogP contribution in [0, 0.1) is 0 Å². The van der Waals surface area contributed by atoms with E-state index >= 15 is 0 Å². The molecule has 21 heavy (non-hydrogen) atoms. The maximum absolute atomic E-state index is 11.5. The van der Waals surface area contributed by atoms with E-state index in [1.165, 1.54) is 7.11 Å². The van der Waals surface area contributed by atoms with E-state index in [9.17, 15) is 4.79 Å². The van der Waals surface area contributed by atoms with E-state index in [4.69, 9.17) is 4.74 Å². The molecule has 2 N–H and O–H groups in total. The summed E-state index contributed by atoms with van der Waals surface area (Å²) in [6, 6.07) is 14.0. The van der Waals surface area contributed by atoms with E-state index in [0.717, 1.165) is 28.1 Å². The first kappa shape index (κ1) is 13.2. The molecule has 0 bridgehead atoms. The first-order valence-electron chi connectivity index (χ1n) is 6.74. The predicted octanol–water partition coefficient (Wildman–Crippen LogP) is 3.39. The maximum Gasteiger partial charge on any atom is 0.309 e. The molecule has 1 aromatic carbocycles. The van der Waals surface area contributed by atoms with Crippen molar-refractivity contribution in [2.75, 3.05) is 7.11 Å². The third kappa shape index (κ3) is 2.89.